The number of carboxylic acids is 1. The van der Waals surface area contributed by atoms with E-state index in [1.807, 2.05) is 17.9 Å². The number of aromatic nitrogens is 2. The smallest absolute Gasteiger partial charge is 0.305 e. The lowest BCUT2D eigenvalue weighted by Crippen LogP contribution is -2.44. The van der Waals surface area contributed by atoms with E-state index in [0.717, 1.165) is 12.1 Å². The number of hydrogen-bond acceptors (Lipinski definition) is 7. The highest BCUT2D eigenvalue weighted by Crippen LogP contribution is 2.35. The van der Waals surface area contributed by atoms with Crippen LogP contribution in [-0.2, 0) is 4.79 Å². The van der Waals surface area contributed by atoms with Crippen LogP contribution in [0.4, 0.5) is 15.8 Å². The highest BCUT2D eigenvalue weighted by Gasteiger charge is 2.34. The Morgan fingerprint density at radius 1 is 1.21 bits per heavy atom. The van der Waals surface area contributed by atoms with Gasteiger partial charge in [-0.05, 0) is 12.3 Å². The fraction of sp³-hybridized carbons (Fsp3) is 0.542. The van der Waals surface area contributed by atoms with Gasteiger partial charge in [-0.1, -0.05) is 25.4 Å². The molecule has 4 atom stereocenters. The maximum absolute atomic E-state index is 15.0. The molecule has 0 radical (unpaired) electrons. The van der Waals surface area contributed by atoms with Crippen LogP contribution in [0.5, 0.6) is 11.8 Å². The molecule has 0 saturated carbocycles. The number of pyridine rings is 2. The number of ether oxygens (including phenoxy) is 2. The predicted molar refractivity (Wildman–Crippen MR) is 128 cm³/mol. The van der Waals surface area contributed by atoms with Crippen LogP contribution in [0.1, 0.15) is 33.1 Å². The van der Waals surface area contributed by atoms with Crippen LogP contribution in [0.3, 0.4) is 0 Å². The van der Waals surface area contributed by atoms with Gasteiger partial charge in [-0.15, -0.1) is 0 Å². The minimum atomic E-state index is -0.857. The molecule has 0 amide bonds. The molecule has 0 aromatic carbocycles. The molecular formula is C24H30ClFN4O4. The number of halogens is 2. The van der Waals surface area contributed by atoms with Crippen molar-refractivity contribution in [3.63, 3.8) is 0 Å². The average Bonchev–Trinajstić information content (AvgIpc) is 3.16. The molecule has 2 fully saturated rings. The second-order valence-electron chi connectivity index (χ2n) is 9.15. The van der Waals surface area contributed by atoms with E-state index >= 15 is 0 Å². The van der Waals surface area contributed by atoms with E-state index in [-0.39, 0.29) is 36.3 Å². The second kappa shape index (κ2) is 10.2. The first kappa shape index (κ1) is 24.3. The van der Waals surface area contributed by atoms with Crippen LogP contribution >= 0.6 is 11.6 Å². The molecule has 2 aromatic heterocycles. The number of methoxy groups -OCH3 is 1. The van der Waals surface area contributed by atoms with Gasteiger partial charge in [0.05, 0.1) is 42.3 Å². The predicted octanol–water partition coefficient (Wildman–Crippen LogP) is 4.26. The monoisotopic (exact) mass is 492 g/mol. The summed E-state index contributed by atoms with van der Waals surface area (Å²) in [5.74, 6) is -0.611. The molecular weight excluding hydrogens is 463 g/mol. The van der Waals surface area contributed by atoms with E-state index in [1.54, 1.807) is 19.5 Å². The van der Waals surface area contributed by atoms with Gasteiger partial charge in [0.15, 0.2) is 5.82 Å². The Bertz CT molecular complexity index is 1040. The van der Waals surface area contributed by atoms with E-state index < -0.39 is 11.8 Å². The van der Waals surface area contributed by atoms with Gasteiger partial charge in [-0.3, -0.25) is 4.79 Å². The van der Waals surface area contributed by atoms with Gasteiger partial charge in [0.1, 0.15) is 6.10 Å². The Labute approximate surface area is 203 Å². The molecule has 2 unspecified atom stereocenters. The van der Waals surface area contributed by atoms with Gasteiger partial charge in [0.25, 0.3) is 5.88 Å². The number of nitrogens with zero attached hydrogens (tertiary/aromatic N) is 4. The standard InChI is InChI=1S/C24H30ClFN4O4/c1-14-4-7-30(19(14)10-23(31)32)16-8-18(26)24(28-11-16)34-21-5-6-29(13-15(21)2)20-9-22(33-3)27-12-17(20)25/h8-9,11-12,14-15,19,21H,4-7,10,13H2,1-3H3,(H,31,32)/t14-,15?,19+,21?/m1/s1. The molecule has 10 heteroatoms. The largest absolute Gasteiger partial charge is 0.481 e. The van der Waals surface area contributed by atoms with Gasteiger partial charge >= 0.3 is 5.97 Å². The van der Waals surface area contributed by atoms with Crippen LogP contribution in [0.15, 0.2) is 24.5 Å². The summed E-state index contributed by atoms with van der Waals surface area (Å²) in [5.41, 5.74) is 1.44. The number of aliphatic carboxylic acids is 1. The zero-order valence-corrected chi connectivity index (χ0v) is 20.3. The molecule has 2 saturated heterocycles. The lowest BCUT2D eigenvalue weighted by atomic mass is 9.96. The van der Waals surface area contributed by atoms with E-state index in [2.05, 4.69) is 21.8 Å². The van der Waals surface area contributed by atoms with Gasteiger partial charge in [0.2, 0.25) is 5.88 Å². The van der Waals surface area contributed by atoms with Gasteiger partial charge < -0.3 is 24.4 Å². The minimum Gasteiger partial charge on any atom is -0.481 e. The molecule has 34 heavy (non-hydrogen) atoms. The van der Waals surface area contributed by atoms with Crippen LogP contribution in [0.25, 0.3) is 0 Å². The third-order valence-corrected chi connectivity index (χ3v) is 7.13. The van der Waals surface area contributed by atoms with E-state index in [0.29, 0.717) is 42.6 Å². The fourth-order valence-electron chi connectivity index (χ4n) is 4.90. The lowest BCUT2D eigenvalue weighted by molar-refractivity contribution is -0.137. The Hall–Kier alpha value is -2.81. The quantitative estimate of drug-likeness (QED) is 0.613. The van der Waals surface area contributed by atoms with Crippen molar-refractivity contribution in [2.75, 3.05) is 36.5 Å². The maximum atomic E-state index is 15.0. The van der Waals surface area contributed by atoms with E-state index in [1.165, 1.54) is 6.07 Å². The summed E-state index contributed by atoms with van der Waals surface area (Å²) in [7, 11) is 1.56. The van der Waals surface area contributed by atoms with Crippen molar-refractivity contribution in [1.29, 1.82) is 0 Å². The fourth-order valence-corrected chi connectivity index (χ4v) is 5.13. The first-order valence-electron chi connectivity index (χ1n) is 11.5. The van der Waals surface area contributed by atoms with Gasteiger partial charge in [-0.25, -0.2) is 14.4 Å². The van der Waals surface area contributed by atoms with Crippen molar-refractivity contribution in [1.82, 2.24) is 9.97 Å². The summed E-state index contributed by atoms with van der Waals surface area (Å²) in [6, 6.07) is 3.04. The van der Waals surface area contributed by atoms with Crippen molar-refractivity contribution in [2.24, 2.45) is 11.8 Å². The molecule has 0 aliphatic carbocycles. The number of rotatable bonds is 7. The molecule has 4 rings (SSSR count). The number of hydrogen-bond donors (Lipinski definition) is 1. The normalized spacial score (nSPS) is 24.9. The Morgan fingerprint density at radius 2 is 2.00 bits per heavy atom. The minimum absolute atomic E-state index is 0.0183. The maximum Gasteiger partial charge on any atom is 0.305 e. The van der Waals surface area contributed by atoms with Crippen molar-refractivity contribution >= 4 is 28.9 Å². The Kier molecular flexibility index (Phi) is 7.30. The molecule has 2 aromatic rings. The van der Waals surface area contributed by atoms with Crippen molar-refractivity contribution in [2.45, 2.75) is 45.3 Å². The highest BCUT2D eigenvalue weighted by molar-refractivity contribution is 6.33. The SMILES string of the molecule is COc1cc(N2CCC(Oc3ncc(N4CC[C@@H](C)[C@@H]4CC(=O)O)cc3F)C(C)C2)c(Cl)cn1. The van der Waals surface area contributed by atoms with Gasteiger partial charge in [-0.2, -0.15) is 0 Å². The number of carbonyl (C=O) groups is 1. The molecule has 2 aliphatic rings. The third kappa shape index (κ3) is 5.14. The van der Waals surface area contributed by atoms with Gasteiger partial charge in [0, 0.05) is 50.1 Å². The Balaban J connectivity index is 1.42. The van der Waals surface area contributed by atoms with Crippen LogP contribution in [-0.4, -0.2) is 59.9 Å². The van der Waals surface area contributed by atoms with E-state index in [9.17, 15) is 14.3 Å². The zero-order chi connectivity index (χ0) is 24.4. The topological polar surface area (TPSA) is 88.0 Å². The molecule has 2 aliphatic heterocycles. The molecule has 8 nitrogen and oxygen atoms in total. The van der Waals surface area contributed by atoms with Crippen LogP contribution < -0.4 is 19.3 Å². The molecule has 0 bridgehead atoms. The molecule has 1 N–H and O–H groups in total. The summed E-state index contributed by atoms with van der Waals surface area (Å²) in [6.45, 7) is 6.12. The van der Waals surface area contributed by atoms with Crippen LogP contribution in [0.2, 0.25) is 5.02 Å². The van der Waals surface area contributed by atoms with E-state index in [4.69, 9.17) is 21.1 Å². The summed E-state index contributed by atoms with van der Waals surface area (Å²) in [6.07, 6.45) is 4.51. The van der Waals surface area contributed by atoms with Crippen LogP contribution in [0, 0.1) is 17.7 Å². The van der Waals surface area contributed by atoms with Crippen molar-refractivity contribution < 1.29 is 23.8 Å². The first-order chi connectivity index (χ1) is 16.3. The average molecular weight is 493 g/mol. The second-order valence-corrected chi connectivity index (χ2v) is 9.56. The van der Waals surface area contributed by atoms with Crippen molar-refractivity contribution in [3.8, 4) is 11.8 Å². The Morgan fingerprint density at radius 3 is 2.68 bits per heavy atom. The highest BCUT2D eigenvalue weighted by atomic mass is 35.5. The zero-order valence-electron chi connectivity index (χ0n) is 19.6. The summed E-state index contributed by atoms with van der Waals surface area (Å²) >= 11 is 6.35. The summed E-state index contributed by atoms with van der Waals surface area (Å²) < 4.78 is 26.2. The number of anilines is 2. The third-order valence-electron chi connectivity index (χ3n) is 6.84. The first-order valence-corrected chi connectivity index (χ1v) is 11.9. The summed E-state index contributed by atoms with van der Waals surface area (Å²) in [5, 5.41) is 9.79. The number of carboxylic acid groups (broad SMARTS) is 1. The number of piperidine rings is 1. The lowest BCUT2D eigenvalue weighted by Gasteiger charge is -2.38. The summed E-state index contributed by atoms with van der Waals surface area (Å²) in [4.78, 5) is 23.7. The van der Waals surface area contributed by atoms with Crippen molar-refractivity contribution in [3.05, 3.63) is 35.4 Å². The molecule has 0 spiro atoms. The molecule has 184 valence electrons. The molecule has 4 heterocycles.